The fraction of sp³-hybridized carbons (Fsp3) is 0.600. The molecule has 3 atom stereocenters. The van der Waals surface area contributed by atoms with Crippen molar-refractivity contribution >= 4 is 11.8 Å². The van der Waals surface area contributed by atoms with Gasteiger partial charge in [-0.3, -0.25) is 14.5 Å². The van der Waals surface area contributed by atoms with Crippen molar-refractivity contribution in [1.82, 2.24) is 4.90 Å². The summed E-state index contributed by atoms with van der Waals surface area (Å²) in [5.74, 6) is 1.63. The molecule has 1 fully saturated rings. The molecule has 1 heterocycles. The third kappa shape index (κ3) is 1.33. The molecular weight excluding hydrogens is 166 g/mol. The second-order valence-corrected chi connectivity index (χ2v) is 3.47. The van der Waals surface area contributed by atoms with E-state index in [0.29, 0.717) is 0 Å². The number of carbonyl (C=O) groups is 2. The molecule has 2 amide bonds. The Labute approximate surface area is 78.1 Å². The Bertz CT molecular complexity index is 270. The van der Waals surface area contributed by atoms with Crippen molar-refractivity contribution in [1.29, 1.82) is 0 Å². The van der Waals surface area contributed by atoms with Crippen molar-refractivity contribution in [3.05, 3.63) is 0 Å². The Balaban J connectivity index is 2.96. The van der Waals surface area contributed by atoms with Gasteiger partial charge in [0, 0.05) is 11.8 Å². The molecule has 1 rings (SSSR count). The lowest BCUT2D eigenvalue weighted by molar-refractivity contribution is -0.140. The van der Waals surface area contributed by atoms with E-state index >= 15 is 0 Å². The average Bonchev–Trinajstić information content (AvgIpc) is 2.30. The summed E-state index contributed by atoms with van der Waals surface area (Å²) >= 11 is 0. The normalized spacial score (nSPS) is 30.5. The number of likely N-dealkylation sites (tertiary alicyclic amines) is 1. The highest BCUT2D eigenvalue weighted by Gasteiger charge is 2.43. The van der Waals surface area contributed by atoms with Gasteiger partial charge in [0.2, 0.25) is 11.8 Å². The topological polar surface area (TPSA) is 37.4 Å². The van der Waals surface area contributed by atoms with Gasteiger partial charge in [0.15, 0.2) is 0 Å². The zero-order valence-electron chi connectivity index (χ0n) is 8.07. The predicted molar refractivity (Wildman–Crippen MR) is 48.5 cm³/mol. The first-order valence-electron chi connectivity index (χ1n) is 4.33. The molecule has 0 aliphatic carbocycles. The number of terminal acetylenes is 1. The Morgan fingerprint density at radius 2 is 1.69 bits per heavy atom. The van der Waals surface area contributed by atoms with Crippen LogP contribution in [0.3, 0.4) is 0 Å². The smallest absolute Gasteiger partial charge is 0.233 e. The van der Waals surface area contributed by atoms with E-state index in [0.717, 1.165) is 0 Å². The largest absolute Gasteiger partial charge is 0.274 e. The Hall–Kier alpha value is -1.30. The van der Waals surface area contributed by atoms with E-state index < -0.39 is 6.04 Å². The summed E-state index contributed by atoms with van der Waals surface area (Å²) in [6.07, 6.45) is 5.17. The average molecular weight is 179 g/mol. The summed E-state index contributed by atoms with van der Waals surface area (Å²) in [7, 11) is 0. The summed E-state index contributed by atoms with van der Waals surface area (Å²) in [6.45, 7) is 5.20. The van der Waals surface area contributed by atoms with Crippen LogP contribution in [0.5, 0.6) is 0 Å². The molecule has 0 aromatic rings. The van der Waals surface area contributed by atoms with Crippen LogP contribution in [0.2, 0.25) is 0 Å². The second kappa shape index (κ2) is 3.21. The number of rotatable bonds is 1. The van der Waals surface area contributed by atoms with Gasteiger partial charge >= 0.3 is 0 Å². The van der Waals surface area contributed by atoms with Gasteiger partial charge in [-0.05, 0) is 6.92 Å². The van der Waals surface area contributed by atoms with Crippen molar-refractivity contribution in [2.24, 2.45) is 11.8 Å². The lowest BCUT2D eigenvalue weighted by Crippen LogP contribution is -2.37. The lowest BCUT2D eigenvalue weighted by Gasteiger charge is -2.17. The van der Waals surface area contributed by atoms with Crippen molar-refractivity contribution in [2.45, 2.75) is 26.8 Å². The molecule has 1 aliphatic rings. The highest BCUT2D eigenvalue weighted by molar-refractivity contribution is 6.05. The minimum atomic E-state index is -0.424. The first-order chi connectivity index (χ1) is 6.00. The fourth-order valence-corrected chi connectivity index (χ4v) is 1.43. The summed E-state index contributed by atoms with van der Waals surface area (Å²) < 4.78 is 0. The minimum absolute atomic E-state index is 0.150. The van der Waals surface area contributed by atoms with E-state index in [4.69, 9.17) is 6.42 Å². The van der Waals surface area contributed by atoms with E-state index in [1.54, 1.807) is 20.8 Å². The van der Waals surface area contributed by atoms with E-state index in [1.165, 1.54) is 4.90 Å². The van der Waals surface area contributed by atoms with E-state index in [2.05, 4.69) is 5.92 Å². The Kier molecular flexibility index (Phi) is 2.42. The van der Waals surface area contributed by atoms with Crippen LogP contribution >= 0.6 is 0 Å². The number of amides is 2. The standard InChI is InChI=1S/C10H13NO2/c1-5-6(2)11-9(12)7(3)8(4)10(11)13/h1,6-8H,2-4H3. The molecule has 70 valence electrons. The maximum atomic E-state index is 11.5. The maximum Gasteiger partial charge on any atom is 0.233 e. The Morgan fingerprint density at radius 1 is 1.31 bits per heavy atom. The summed E-state index contributed by atoms with van der Waals surface area (Å²) in [6, 6.07) is -0.424. The summed E-state index contributed by atoms with van der Waals surface area (Å²) in [5, 5.41) is 0. The van der Waals surface area contributed by atoms with Gasteiger partial charge in [0.1, 0.15) is 0 Å². The Morgan fingerprint density at radius 3 is 2.00 bits per heavy atom. The molecule has 0 aromatic heterocycles. The number of nitrogens with zero attached hydrogens (tertiary/aromatic N) is 1. The SMILES string of the molecule is C#CC(C)N1C(=O)C(C)C(C)C1=O. The zero-order chi connectivity index (χ0) is 10.2. The molecule has 3 nitrogen and oxygen atoms in total. The maximum absolute atomic E-state index is 11.5. The van der Waals surface area contributed by atoms with Crippen LogP contribution in [0.1, 0.15) is 20.8 Å². The van der Waals surface area contributed by atoms with Gasteiger partial charge in [-0.25, -0.2) is 0 Å². The van der Waals surface area contributed by atoms with Crippen molar-refractivity contribution in [2.75, 3.05) is 0 Å². The molecule has 0 aromatic carbocycles. The molecule has 3 heteroatoms. The number of hydrogen-bond donors (Lipinski definition) is 0. The van der Waals surface area contributed by atoms with Crippen LogP contribution in [0, 0.1) is 24.2 Å². The van der Waals surface area contributed by atoms with Gasteiger partial charge in [-0.1, -0.05) is 19.8 Å². The molecule has 0 radical (unpaired) electrons. The van der Waals surface area contributed by atoms with E-state index in [-0.39, 0.29) is 23.7 Å². The molecular formula is C10H13NO2. The van der Waals surface area contributed by atoms with Crippen LogP contribution in [0.25, 0.3) is 0 Å². The molecule has 1 aliphatic heterocycles. The summed E-state index contributed by atoms with van der Waals surface area (Å²) in [5.41, 5.74) is 0. The molecule has 3 unspecified atom stereocenters. The molecule has 13 heavy (non-hydrogen) atoms. The number of carbonyl (C=O) groups excluding carboxylic acids is 2. The molecule has 1 saturated heterocycles. The third-order valence-electron chi connectivity index (χ3n) is 2.63. The quantitative estimate of drug-likeness (QED) is 0.438. The van der Waals surface area contributed by atoms with Crippen LogP contribution in [0.15, 0.2) is 0 Å². The van der Waals surface area contributed by atoms with Gasteiger partial charge < -0.3 is 0 Å². The van der Waals surface area contributed by atoms with Crippen LogP contribution in [0.4, 0.5) is 0 Å². The van der Waals surface area contributed by atoms with E-state index in [1.807, 2.05) is 0 Å². The lowest BCUT2D eigenvalue weighted by atomic mass is 10.00. The molecule has 0 N–H and O–H groups in total. The van der Waals surface area contributed by atoms with Crippen molar-refractivity contribution < 1.29 is 9.59 Å². The molecule has 0 spiro atoms. The van der Waals surface area contributed by atoms with Crippen molar-refractivity contribution in [3.63, 3.8) is 0 Å². The molecule has 0 saturated carbocycles. The monoisotopic (exact) mass is 179 g/mol. The number of imide groups is 1. The fourth-order valence-electron chi connectivity index (χ4n) is 1.43. The third-order valence-corrected chi connectivity index (χ3v) is 2.63. The number of hydrogen-bond acceptors (Lipinski definition) is 2. The molecule has 0 bridgehead atoms. The van der Waals surface area contributed by atoms with Crippen LogP contribution < -0.4 is 0 Å². The zero-order valence-corrected chi connectivity index (χ0v) is 8.07. The first kappa shape index (κ1) is 9.79. The predicted octanol–water partition coefficient (Wildman–Crippen LogP) is 0.649. The van der Waals surface area contributed by atoms with Crippen molar-refractivity contribution in [3.8, 4) is 12.3 Å². The van der Waals surface area contributed by atoms with Gasteiger partial charge in [0.05, 0.1) is 6.04 Å². The van der Waals surface area contributed by atoms with Crippen LogP contribution in [-0.4, -0.2) is 22.8 Å². The van der Waals surface area contributed by atoms with Gasteiger partial charge in [-0.15, -0.1) is 6.42 Å². The first-order valence-corrected chi connectivity index (χ1v) is 4.33. The highest BCUT2D eigenvalue weighted by Crippen LogP contribution is 2.26. The van der Waals surface area contributed by atoms with Crippen LogP contribution in [-0.2, 0) is 9.59 Å². The van der Waals surface area contributed by atoms with Gasteiger partial charge in [0.25, 0.3) is 0 Å². The minimum Gasteiger partial charge on any atom is -0.274 e. The van der Waals surface area contributed by atoms with E-state index in [9.17, 15) is 9.59 Å². The highest BCUT2D eigenvalue weighted by atomic mass is 16.2. The summed E-state index contributed by atoms with van der Waals surface area (Å²) in [4.78, 5) is 24.3. The van der Waals surface area contributed by atoms with Gasteiger partial charge in [-0.2, -0.15) is 0 Å². The second-order valence-electron chi connectivity index (χ2n) is 3.47.